The molecule has 0 bridgehead atoms. The van der Waals surface area contributed by atoms with E-state index in [2.05, 4.69) is 242 Å². The fourth-order valence-corrected chi connectivity index (χ4v) is 10.9. The molecule has 0 fully saturated rings. The van der Waals surface area contributed by atoms with Crippen molar-refractivity contribution in [2.75, 3.05) is 4.90 Å². The van der Waals surface area contributed by atoms with E-state index in [1.807, 2.05) is 0 Å². The molecule has 12 aromatic rings. The molecule has 0 saturated heterocycles. The highest BCUT2D eigenvalue weighted by molar-refractivity contribution is 6.34. The number of benzene rings is 11. The van der Waals surface area contributed by atoms with Gasteiger partial charge in [-0.3, -0.25) is 0 Å². The molecular weight excluding hydrogens is 761 g/mol. The number of para-hydroxylation sites is 3. The summed E-state index contributed by atoms with van der Waals surface area (Å²) in [5, 5.41) is 10.3. The lowest BCUT2D eigenvalue weighted by atomic mass is 9.81. The number of hydrogen-bond acceptors (Lipinski definition) is 1. The van der Waals surface area contributed by atoms with Crippen molar-refractivity contribution in [3.8, 4) is 39.1 Å². The molecule has 13 rings (SSSR count). The van der Waals surface area contributed by atoms with Gasteiger partial charge in [0.2, 0.25) is 0 Å². The maximum Gasteiger partial charge on any atom is 0.0553 e. The maximum absolute atomic E-state index is 2.48. The van der Waals surface area contributed by atoms with E-state index in [0.29, 0.717) is 0 Å². The zero-order chi connectivity index (χ0) is 41.8. The third-order valence-electron chi connectivity index (χ3n) is 13.9. The van der Waals surface area contributed by atoms with Crippen LogP contribution in [0.5, 0.6) is 0 Å². The van der Waals surface area contributed by atoms with Crippen molar-refractivity contribution in [2.45, 2.75) is 19.3 Å². The number of hydrogen-bond donors (Lipinski definition) is 0. The summed E-state index contributed by atoms with van der Waals surface area (Å²) >= 11 is 0. The van der Waals surface area contributed by atoms with Crippen molar-refractivity contribution < 1.29 is 0 Å². The van der Waals surface area contributed by atoms with E-state index in [9.17, 15) is 0 Å². The van der Waals surface area contributed by atoms with E-state index in [1.54, 1.807) is 0 Å². The molecule has 0 unspecified atom stereocenters. The molecule has 2 heteroatoms. The Labute approximate surface area is 366 Å². The van der Waals surface area contributed by atoms with Crippen LogP contribution < -0.4 is 4.90 Å². The van der Waals surface area contributed by atoms with Crippen molar-refractivity contribution in [3.63, 3.8) is 0 Å². The van der Waals surface area contributed by atoms with Crippen molar-refractivity contribution >= 4 is 71.2 Å². The van der Waals surface area contributed by atoms with E-state index >= 15 is 0 Å². The predicted octanol–water partition coefficient (Wildman–Crippen LogP) is 16.8. The molecule has 63 heavy (non-hydrogen) atoms. The Balaban J connectivity index is 0.983. The predicted molar refractivity (Wildman–Crippen MR) is 268 cm³/mol. The fraction of sp³-hybridized carbons (Fsp3) is 0.0492. The summed E-state index contributed by atoms with van der Waals surface area (Å²) < 4.78 is 2.48. The zero-order valence-electron chi connectivity index (χ0n) is 35.2. The first-order valence-electron chi connectivity index (χ1n) is 22.0. The van der Waals surface area contributed by atoms with Gasteiger partial charge in [0, 0.05) is 38.9 Å². The number of rotatable bonds is 6. The normalized spacial score (nSPS) is 13.0. The molecule has 0 atom stereocenters. The van der Waals surface area contributed by atoms with Gasteiger partial charge in [0.05, 0.1) is 11.0 Å². The van der Waals surface area contributed by atoms with E-state index in [0.717, 1.165) is 22.7 Å². The van der Waals surface area contributed by atoms with Crippen LogP contribution in [0.3, 0.4) is 0 Å². The topological polar surface area (TPSA) is 8.17 Å². The molecule has 2 nitrogen and oxygen atoms in total. The van der Waals surface area contributed by atoms with Crippen molar-refractivity contribution in [1.29, 1.82) is 0 Å². The van der Waals surface area contributed by atoms with Crippen molar-refractivity contribution in [2.24, 2.45) is 0 Å². The Morgan fingerprint density at radius 2 is 0.889 bits per heavy atom. The van der Waals surface area contributed by atoms with Crippen LogP contribution in [-0.2, 0) is 5.41 Å². The monoisotopic (exact) mass is 802 g/mol. The molecule has 1 heterocycles. The molecule has 0 radical (unpaired) electrons. The third-order valence-corrected chi connectivity index (χ3v) is 13.9. The quantitative estimate of drug-likeness (QED) is 0.152. The van der Waals surface area contributed by atoms with Gasteiger partial charge in [-0.2, -0.15) is 0 Å². The van der Waals surface area contributed by atoms with Gasteiger partial charge in [-0.25, -0.2) is 0 Å². The van der Waals surface area contributed by atoms with Crippen LogP contribution in [0.25, 0.3) is 93.2 Å². The molecule has 1 aliphatic carbocycles. The first-order valence-corrected chi connectivity index (χ1v) is 22.0. The SMILES string of the molecule is CC1(C)c2ccccc2-c2ccc(-c3ccc4c5c6ccc7ccc(-c8ccc(N(c9ccccc9)c9ccccc9)cc8)c8ccc(cc5n(-c5ccccc5)c4c3)c6c78)cc21. The van der Waals surface area contributed by atoms with Gasteiger partial charge < -0.3 is 9.47 Å². The smallest absolute Gasteiger partial charge is 0.0553 e. The van der Waals surface area contributed by atoms with Crippen LogP contribution >= 0.6 is 0 Å². The van der Waals surface area contributed by atoms with E-state index in [4.69, 9.17) is 0 Å². The van der Waals surface area contributed by atoms with Gasteiger partial charge in [-0.15, -0.1) is 0 Å². The Morgan fingerprint density at radius 1 is 0.349 bits per heavy atom. The summed E-state index contributed by atoms with van der Waals surface area (Å²) in [6, 6.07) is 80.7. The lowest BCUT2D eigenvalue weighted by molar-refractivity contribution is 0.660. The molecule has 1 aliphatic rings. The van der Waals surface area contributed by atoms with Crippen LogP contribution in [0, 0.1) is 0 Å². The lowest BCUT2D eigenvalue weighted by Crippen LogP contribution is -2.14. The van der Waals surface area contributed by atoms with Gasteiger partial charge in [-0.1, -0.05) is 166 Å². The van der Waals surface area contributed by atoms with E-state index in [1.165, 1.54) is 98.6 Å². The summed E-state index contributed by atoms with van der Waals surface area (Å²) in [5.41, 5.74) is 17.4. The fourth-order valence-electron chi connectivity index (χ4n) is 10.9. The second-order valence-corrected chi connectivity index (χ2v) is 17.7. The first-order chi connectivity index (χ1) is 31.0. The van der Waals surface area contributed by atoms with Crippen LogP contribution in [0.4, 0.5) is 17.1 Å². The summed E-state index contributed by atoms with van der Waals surface area (Å²) in [7, 11) is 0. The minimum absolute atomic E-state index is 0.0586. The van der Waals surface area contributed by atoms with Gasteiger partial charge in [0.25, 0.3) is 0 Å². The number of fused-ring (bicyclic) bond motifs is 7. The molecule has 0 spiro atoms. The Kier molecular flexibility index (Phi) is 7.68. The van der Waals surface area contributed by atoms with Gasteiger partial charge in [-0.05, 0) is 144 Å². The number of aromatic nitrogens is 1. The molecule has 0 amide bonds. The minimum atomic E-state index is -0.0586. The van der Waals surface area contributed by atoms with Gasteiger partial charge in [0.15, 0.2) is 0 Å². The lowest BCUT2D eigenvalue weighted by Gasteiger charge is -2.25. The van der Waals surface area contributed by atoms with Gasteiger partial charge >= 0.3 is 0 Å². The molecule has 1 aromatic heterocycles. The van der Waals surface area contributed by atoms with E-state index in [-0.39, 0.29) is 5.41 Å². The van der Waals surface area contributed by atoms with E-state index < -0.39 is 0 Å². The van der Waals surface area contributed by atoms with Crippen molar-refractivity contribution in [1.82, 2.24) is 4.57 Å². The molecule has 0 N–H and O–H groups in total. The highest BCUT2D eigenvalue weighted by Crippen LogP contribution is 2.50. The Hall–Kier alpha value is -7.94. The average Bonchev–Trinajstić information content (AvgIpc) is 3.79. The summed E-state index contributed by atoms with van der Waals surface area (Å²) in [4.78, 5) is 2.32. The molecule has 0 aliphatic heterocycles. The standard InChI is InChI=1S/C61H42N2/c1-61(2)54-21-13-12-20-49(54)50-32-26-41(36-55(50)61)42-27-34-52-56(37-42)63(46-18-10-5-11-19-46)57-38-43-28-33-51-48(31-24-40-25-35-53(60(52)57)59(43)58(40)51)39-22-29-47(30-23-39)62(44-14-6-3-7-15-44)45-16-8-4-9-17-45/h3-38H,1-2H3. The average molecular weight is 803 g/mol. The Bertz CT molecular complexity index is 3690. The molecule has 296 valence electrons. The summed E-state index contributed by atoms with van der Waals surface area (Å²) in [6.07, 6.45) is 0. The zero-order valence-corrected chi connectivity index (χ0v) is 35.2. The maximum atomic E-state index is 2.48. The highest BCUT2D eigenvalue weighted by Gasteiger charge is 2.35. The minimum Gasteiger partial charge on any atom is -0.311 e. The summed E-state index contributed by atoms with van der Waals surface area (Å²) in [6.45, 7) is 4.73. The second-order valence-electron chi connectivity index (χ2n) is 17.7. The summed E-state index contributed by atoms with van der Waals surface area (Å²) in [5.74, 6) is 0. The largest absolute Gasteiger partial charge is 0.311 e. The highest BCUT2D eigenvalue weighted by atomic mass is 15.1. The molecular formula is C61H42N2. The Morgan fingerprint density at radius 3 is 1.65 bits per heavy atom. The van der Waals surface area contributed by atoms with Crippen LogP contribution in [0.1, 0.15) is 25.0 Å². The number of anilines is 3. The van der Waals surface area contributed by atoms with Crippen LogP contribution in [0.15, 0.2) is 218 Å². The van der Waals surface area contributed by atoms with Gasteiger partial charge in [0.1, 0.15) is 0 Å². The third kappa shape index (κ3) is 5.31. The van der Waals surface area contributed by atoms with Crippen LogP contribution in [-0.4, -0.2) is 4.57 Å². The number of nitrogens with zero attached hydrogens (tertiary/aromatic N) is 2. The molecule has 11 aromatic carbocycles. The van der Waals surface area contributed by atoms with Crippen LogP contribution in [0.2, 0.25) is 0 Å². The first kappa shape index (κ1) is 35.8. The molecule has 0 saturated carbocycles. The second kappa shape index (κ2) is 13.5. The van der Waals surface area contributed by atoms with Crippen molar-refractivity contribution in [3.05, 3.63) is 230 Å².